The second kappa shape index (κ2) is 9.26. The molecule has 2 amide bonds. The Morgan fingerprint density at radius 1 is 1.14 bits per heavy atom. The smallest absolute Gasteiger partial charge is 0.224 e. The first-order chi connectivity index (χ1) is 9.66. The number of primary amides is 1. The van der Waals surface area contributed by atoms with Gasteiger partial charge in [-0.25, -0.2) is 0 Å². The number of nitrogens with two attached hydrogens (primary N) is 1. The van der Waals surface area contributed by atoms with Gasteiger partial charge in [0.05, 0.1) is 5.92 Å². The van der Waals surface area contributed by atoms with Crippen molar-refractivity contribution >= 4 is 24.2 Å². The SMILES string of the molecule is Cl.NC(=O)CC(NC(=O)C1CCCNC1)C1CCCCC1. The Balaban J connectivity index is 0.00000220. The summed E-state index contributed by atoms with van der Waals surface area (Å²) >= 11 is 0. The highest BCUT2D eigenvalue weighted by atomic mass is 35.5. The Morgan fingerprint density at radius 2 is 1.86 bits per heavy atom. The van der Waals surface area contributed by atoms with E-state index in [-0.39, 0.29) is 42.6 Å². The fraction of sp³-hybridized carbons (Fsp3) is 0.867. The van der Waals surface area contributed by atoms with Crippen molar-refractivity contribution < 1.29 is 9.59 Å². The second-order valence-corrected chi connectivity index (χ2v) is 6.23. The average Bonchev–Trinajstić information content (AvgIpc) is 2.48. The maximum Gasteiger partial charge on any atom is 0.224 e. The van der Waals surface area contributed by atoms with Crippen LogP contribution in [0.4, 0.5) is 0 Å². The van der Waals surface area contributed by atoms with Crippen LogP contribution in [0.1, 0.15) is 51.4 Å². The number of hydrogen-bond acceptors (Lipinski definition) is 3. The van der Waals surface area contributed by atoms with E-state index in [2.05, 4.69) is 10.6 Å². The number of rotatable bonds is 5. The Kier molecular flexibility index (Phi) is 8.04. The van der Waals surface area contributed by atoms with Crippen molar-refractivity contribution in [1.82, 2.24) is 10.6 Å². The van der Waals surface area contributed by atoms with E-state index in [9.17, 15) is 9.59 Å². The quantitative estimate of drug-likeness (QED) is 0.715. The number of carbonyl (C=O) groups excluding carboxylic acids is 2. The molecule has 2 fully saturated rings. The number of nitrogens with one attached hydrogen (secondary N) is 2. The summed E-state index contributed by atoms with van der Waals surface area (Å²) in [6.45, 7) is 1.75. The van der Waals surface area contributed by atoms with Crippen LogP contribution in [0, 0.1) is 11.8 Å². The molecule has 5 nitrogen and oxygen atoms in total. The van der Waals surface area contributed by atoms with Gasteiger partial charge in [0.2, 0.25) is 11.8 Å². The molecule has 1 aliphatic heterocycles. The number of piperidine rings is 1. The van der Waals surface area contributed by atoms with Gasteiger partial charge in [-0.15, -0.1) is 12.4 Å². The molecule has 1 saturated heterocycles. The van der Waals surface area contributed by atoms with Crippen molar-refractivity contribution in [1.29, 1.82) is 0 Å². The number of carbonyl (C=O) groups is 2. The third-order valence-corrected chi connectivity index (χ3v) is 4.64. The van der Waals surface area contributed by atoms with E-state index in [0.29, 0.717) is 5.92 Å². The molecule has 21 heavy (non-hydrogen) atoms. The van der Waals surface area contributed by atoms with Crippen LogP contribution in [0.5, 0.6) is 0 Å². The van der Waals surface area contributed by atoms with Gasteiger partial charge in [-0.1, -0.05) is 19.3 Å². The lowest BCUT2D eigenvalue weighted by Gasteiger charge is -2.32. The number of halogens is 1. The maximum absolute atomic E-state index is 12.3. The molecule has 1 saturated carbocycles. The van der Waals surface area contributed by atoms with E-state index in [4.69, 9.17) is 5.73 Å². The fourth-order valence-electron chi connectivity index (χ4n) is 3.47. The summed E-state index contributed by atoms with van der Waals surface area (Å²) in [6.07, 6.45) is 8.11. The summed E-state index contributed by atoms with van der Waals surface area (Å²) in [4.78, 5) is 23.6. The number of amides is 2. The third-order valence-electron chi connectivity index (χ3n) is 4.64. The van der Waals surface area contributed by atoms with Crippen LogP contribution in [0.3, 0.4) is 0 Å². The van der Waals surface area contributed by atoms with Gasteiger partial charge in [0.15, 0.2) is 0 Å². The van der Waals surface area contributed by atoms with Crippen LogP contribution in [0.15, 0.2) is 0 Å². The minimum atomic E-state index is -0.317. The van der Waals surface area contributed by atoms with E-state index in [0.717, 1.165) is 38.8 Å². The highest BCUT2D eigenvalue weighted by Crippen LogP contribution is 2.28. The lowest BCUT2D eigenvalue weighted by Crippen LogP contribution is -2.48. The molecular formula is C15H28ClN3O2. The molecule has 2 rings (SSSR count). The maximum atomic E-state index is 12.3. The fourth-order valence-corrected chi connectivity index (χ4v) is 3.47. The van der Waals surface area contributed by atoms with E-state index >= 15 is 0 Å². The predicted octanol–water partition coefficient (Wildman–Crippen LogP) is 1.35. The van der Waals surface area contributed by atoms with Crippen LogP contribution in [0.2, 0.25) is 0 Å². The second-order valence-electron chi connectivity index (χ2n) is 6.23. The highest BCUT2D eigenvalue weighted by molar-refractivity contribution is 5.85. The molecule has 6 heteroatoms. The Bertz CT molecular complexity index is 340. The topological polar surface area (TPSA) is 84.2 Å². The summed E-state index contributed by atoms with van der Waals surface area (Å²) in [7, 11) is 0. The highest BCUT2D eigenvalue weighted by Gasteiger charge is 2.29. The Labute approximate surface area is 133 Å². The predicted molar refractivity (Wildman–Crippen MR) is 85.2 cm³/mol. The summed E-state index contributed by atoms with van der Waals surface area (Å²) in [5.41, 5.74) is 5.35. The van der Waals surface area contributed by atoms with Crippen LogP contribution < -0.4 is 16.4 Å². The van der Waals surface area contributed by atoms with E-state index in [1.165, 1.54) is 19.3 Å². The van der Waals surface area contributed by atoms with Gasteiger partial charge in [0.25, 0.3) is 0 Å². The van der Waals surface area contributed by atoms with Gasteiger partial charge < -0.3 is 16.4 Å². The molecule has 2 atom stereocenters. The molecule has 0 aromatic heterocycles. The first-order valence-corrected chi connectivity index (χ1v) is 7.96. The monoisotopic (exact) mass is 317 g/mol. The molecule has 0 spiro atoms. The van der Waals surface area contributed by atoms with E-state index in [1.807, 2.05) is 0 Å². The van der Waals surface area contributed by atoms with Crippen molar-refractivity contribution in [2.24, 2.45) is 17.6 Å². The standard InChI is InChI=1S/C15H27N3O2.ClH/c16-14(19)9-13(11-5-2-1-3-6-11)18-15(20)12-7-4-8-17-10-12;/h11-13,17H,1-10H2,(H2,16,19)(H,18,20);1H. The van der Waals surface area contributed by atoms with Gasteiger partial charge in [0, 0.05) is 19.0 Å². The van der Waals surface area contributed by atoms with Gasteiger partial charge in [0.1, 0.15) is 0 Å². The summed E-state index contributed by atoms with van der Waals surface area (Å²) in [5.74, 6) is 0.233. The van der Waals surface area contributed by atoms with Crippen LogP contribution >= 0.6 is 12.4 Å². The minimum absolute atomic E-state index is 0. The molecule has 1 aliphatic carbocycles. The molecule has 0 aromatic carbocycles. The summed E-state index contributed by atoms with van der Waals surface area (Å²) < 4.78 is 0. The Morgan fingerprint density at radius 3 is 2.43 bits per heavy atom. The molecule has 2 aliphatic rings. The lowest BCUT2D eigenvalue weighted by atomic mass is 9.82. The van der Waals surface area contributed by atoms with Crippen LogP contribution in [0.25, 0.3) is 0 Å². The zero-order valence-electron chi connectivity index (χ0n) is 12.6. The first-order valence-electron chi connectivity index (χ1n) is 7.96. The van der Waals surface area contributed by atoms with E-state index < -0.39 is 0 Å². The molecule has 4 N–H and O–H groups in total. The summed E-state index contributed by atoms with van der Waals surface area (Å²) in [6, 6.07) is -0.0674. The van der Waals surface area contributed by atoms with Crippen molar-refractivity contribution in [2.45, 2.75) is 57.4 Å². The minimum Gasteiger partial charge on any atom is -0.370 e. The average molecular weight is 318 g/mol. The molecule has 1 heterocycles. The Hall–Kier alpha value is -0.810. The lowest BCUT2D eigenvalue weighted by molar-refractivity contribution is -0.127. The normalized spacial score (nSPS) is 24.7. The zero-order valence-corrected chi connectivity index (χ0v) is 13.4. The molecule has 0 radical (unpaired) electrons. The van der Waals surface area contributed by atoms with Gasteiger partial charge in [-0.3, -0.25) is 9.59 Å². The molecule has 122 valence electrons. The van der Waals surface area contributed by atoms with Crippen molar-refractivity contribution in [3.63, 3.8) is 0 Å². The van der Waals surface area contributed by atoms with Crippen molar-refractivity contribution in [2.75, 3.05) is 13.1 Å². The third kappa shape index (κ3) is 5.83. The molecule has 0 aromatic rings. The van der Waals surface area contributed by atoms with Crippen molar-refractivity contribution in [3.8, 4) is 0 Å². The number of hydrogen-bond donors (Lipinski definition) is 3. The van der Waals surface area contributed by atoms with Gasteiger partial charge in [-0.2, -0.15) is 0 Å². The van der Waals surface area contributed by atoms with Crippen LogP contribution in [-0.4, -0.2) is 30.9 Å². The molecule has 0 bridgehead atoms. The largest absolute Gasteiger partial charge is 0.370 e. The first kappa shape index (κ1) is 18.2. The summed E-state index contributed by atoms with van der Waals surface area (Å²) in [5, 5.41) is 6.36. The molecule has 2 unspecified atom stereocenters. The van der Waals surface area contributed by atoms with E-state index in [1.54, 1.807) is 0 Å². The van der Waals surface area contributed by atoms with Gasteiger partial charge >= 0.3 is 0 Å². The van der Waals surface area contributed by atoms with Gasteiger partial charge in [-0.05, 0) is 38.1 Å². The zero-order chi connectivity index (χ0) is 14.4. The molecular weight excluding hydrogens is 290 g/mol. The van der Waals surface area contributed by atoms with Crippen LogP contribution in [-0.2, 0) is 9.59 Å². The van der Waals surface area contributed by atoms with Crippen molar-refractivity contribution in [3.05, 3.63) is 0 Å².